The van der Waals surface area contributed by atoms with Crippen molar-refractivity contribution in [2.45, 2.75) is 6.92 Å². The van der Waals surface area contributed by atoms with Crippen LogP contribution < -0.4 is 0 Å². The molecule has 26 heavy (non-hydrogen) atoms. The second-order valence-corrected chi connectivity index (χ2v) is 6.24. The highest BCUT2D eigenvalue weighted by Gasteiger charge is 2.04. The highest BCUT2D eigenvalue weighted by Crippen LogP contribution is 2.21. The average Bonchev–Trinajstić information content (AvgIpc) is 3.10. The molecule has 0 bridgehead atoms. The molecule has 0 radical (unpaired) electrons. The summed E-state index contributed by atoms with van der Waals surface area (Å²) in [6.45, 7) is 2.07. The molecule has 0 unspecified atom stereocenters. The molecule has 2 aromatic carbocycles. The van der Waals surface area contributed by atoms with Gasteiger partial charge >= 0.3 is 0 Å². The Morgan fingerprint density at radius 2 is 1.50 bits per heavy atom. The Bertz CT molecular complexity index is 1090. The first kappa shape index (κ1) is 16.0. The summed E-state index contributed by atoms with van der Waals surface area (Å²) in [7, 11) is 0. The van der Waals surface area contributed by atoms with E-state index >= 15 is 0 Å². The fraction of sp³-hybridized carbons (Fsp3) is 0.0455. The second-order valence-electron chi connectivity index (χ2n) is 6.24. The Hall–Kier alpha value is -3.53. The molecule has 0 N–H and O–H groups in total. The molecule has 0 saturated heterocycles. The van der Waals surface area contributed by atoms with Crippen LogP contribution in [0.5, 0.6) is 0 Å². The van der Waals surface area contributed by atoms with Crippen LogP contribution in [0.15, 0.2) is 78.2 Å². The lowest BCUT2D eigenvalue weighted by Gasteiger charge is -1.98. The van der Waals surface area contributed by atoms with Gasteiger partial charge in [-0.1, -0.05) is 54.6 Å². The lowest BCUT2D eigenvalue weighted by atomic mass is 10.1. The molecule has 4 heteroatoms. The van der Waals surface area contributed by atoms with Gasteiger partial charge in [0, 0.05) is 18.0 Å². The van der Waals surface area contributed by atoms with Crippen molar-refractivity contribution in [2.24, 2.45) is 5.18 Å². The van der Waals surface area contributed by atoms with E-state index in [-0.39, 0.29) is 0 Å². The Labute approximate surface area is 151 Å². The van der Waals surface area contributed by atoms with Crippen molar-refractivity contribution in [3.63, 3.8) is 0 Å². The first-order valence-electron chi connectivity index (χ1n) is 8.38. The van der Waals surface area contributed by atoms with E-state index in [1.54, 1.807) is 12.1 Å². The number of nitrogens with zero attached hydrogens (tertiary/aromatic N) is 3. The predicted octanol–water partition coefficient (Wildman–Crippen LogP) is 5.88. The van der Waals surface area contributed by atoms with Gasteiger partial charge in [0.15, 0.2) is 0 Å². The third kappa shape index (κ3) is 3.30. The van der Waals surface area contributed by atoms with Crippen LogP contribution in [0.25, 0.3) is 29.1 Å². The summed E-state index contributed by atoms with van der Waals surface area (Å²) < 4.78 is 2.05. The first-order valence-corrected chi connectivity index (χ1v) is 8.38. The monoisotopic (exact) mass is 339 g/mol. The predicted molar refractivity (Wildman–Crippen MR) is 106 cm³/mol. The molecule has 0 atom stereocenters. The molecular weight excluding hydrogens is 322 g/mol. The highest BCUT2D eigenvalue weighted by molar-refractivity contribution is 5.72. The number of nitroso groups, excluding NO2 is 1. The maximum atomic E-state index is 10.4. The molecule has 0 saturated carbocycles. The third-order valence-electron chi connectivity index (χ3n) is 4.27. The zero-order valence-electron chi connectivity index (χ0n) is 14.3. The largest absolute Gasteiger partial charge is 0.306 e. The fourth-order valence-corrected chi connectivity index (χ4v) is 2.85. The molecule has 0 spiro atoms. The van der Waals surface area contributed by atoms with Gasteiger partial charge in [0.1, 0.15) is 11.3 Å². The van der Waals surface area contributed by atoms with Crippen LogP contribution in [0.2, 0.25) is 0 Å². The van der Waals surface area contributed by atoms with Crippen molar-refractivity contribution in [3.8, 4) is 11.3 Å². The van der Waals surface area contributed by atoms with E-state index in [1.165, 1.54) is 5.56 Å². The van der Waals surface area contributed by atoms with Gasteiger partial charge in [-0.3, -0.25) is 0 Å². The third-order valence-corrected chi connectivity index (χ3v) is 4.27. The molecule has 0 fully saturated rings. The Morgan fingerprint density at radius 1 is 0.846 bits per heavy atom. The molecule has 4 rings (SSSR count). The van der Waals surface area contributed by atoms with Crippen LogP contribution in [0.4, 0.5) is 5.69 Å². The first-order chi connectivity index (χ1) is 12.7. The van der Waals surface area contributed by atoms with Crippen molar-refractivity contribution < 1.29 is 0 Å². The normalized spacial score (nSPS) is 11.3. The Kier molecular flexibility index (Phi) is 4.15. The molecule has 4 aromatic rings. The topological polar surface area (TPSA) is 46.7 Å². The minimum Gasteiger partial charge on any atom is -0.306 e. The zero-order valence-corrected chi connectivity index (χ0v) is 14.3. The molecule has 2 aromatic heterocycles. The Morgan fingerprint density at radius 3 is 2.15 bits per heavy atom. The number of rotatable bonds is 4. The summed E-state index contributed by atoms with van der Waals surface area (Å²) in [6.07, 6.45) is 8.18. The molecule has 0 amide bonds. The van der Waals surface area contributed by atoms with E-state index in [0.29, 0.717) is 5.69 Å². The summed E-state index contributed by atoms with van der Waals surface area (Å²) in [6, 6.07) is 19.6. The van der Waals surface area contributed by atoms with Gasteiger partial charge < -0.3 is 4.40 Å². The summed E-state index contributed by atoms with van der Waals surface area (Å²) in [5.74, 6) is 0. The average molecular weight is 339 g/mol. The lowest BCUT2D eigenvalue weighted by Crippen LogP contribution is -1.82. The minimum atomic E-state index is 0.439. The number of pyridine rings is 1. The zero-order chi connectivity index (χ0) is 17.9. The molecule has 0 aliphatic rings. The van der Waals surface area contributed by atoms with E-state index in [4.69, 9.17) is 0 Å². The summed E-state index contributed by atoms with van der Waals surface area (Å²) in [5, 5.41) is 2.91. The van der Waals surface area contributed by atoms with Crippen molar-refractivity contribution in [3.05, 3.63) is 94.7 Å². The van der Waals surface area contributed by atoms with Gasteiger partial charge in [-0.05, 0) is 47.0 Å². The van der Waals surface area contributed by atoms with Gasteiger partial charge in [-0.15, -0.1) is 4.91 Å². The maximum absolute atomic E-state index is 10.4. The van der Waals surface area contributed by atoms with E-state index in [1.807, 2.05) is 30.4 Å². The van der Waals surface area contributed by atoms with Crippen LogP contribution in [0, 0.1) is 11.8 Å². The van der Waals surface area contributed by atoms with Crippen molar-refractivity contribution in [2.75, 3.05) is 0 Å². The number of aromatic nitrogens is 2. The van der Waals surface area contributed by atoms with E-state index in [9.17, 15) is 4.91 Å². The van der Waals surface area contributed by atoms with Crippen molar-refractivity contribution >= 4 is 23.5 Å². The van der Waals surface area contributed by atoms with E-state index in [0.717, 1.165) is 28.0 Å². The standard InChI is InChI=1S/C22H17N3O/c1-16-2-13-22-23-21(15-25(22)14-16)19-9-5-17(6-10-19)3-4-18-7-11-20(24-26)12-8-18/h2-15H,1H3/b4-3+. The van der Waals surface area contributed by atoms with Crippen LogP contribution >= 0.6 is 0 Å². The van der Waals surface area contributed by atoms with Crippen LogP contribution in [0.1, 0.15) is 16.7 Å². The molecule has 0 aliphatic carbocycles. The molecular formula is C22H17N3O. The number of hydrogen-bond acceptors (Lipinski definition) is 3. The van der Waals surface area contributed by atoms with Gasteiger partial charge in [-0.2, -0.15) is 0 Å². The quantitative estimate of drug-likeness (QED) is 0.344. The van der Waals surface area contributed by atoms with Crippen molar-refractivity contribution in [1.29, 1.82) is 0 Å². The van der Waals surface area contributed by atoms with E-state index in [2.05, 4.69) is 64.2 Å². The van der Waals surface area contributed by atoms with Crippen LogP contribution in [0.3, 0.4) is 0 Å². The number of fused-ring (bicyclic) bond motifs is 1. The van der Waals surface area contributed by atoms with Gasteiger partial charge in [0.05, 0.1) is 5.69 Å². The number of aryl methyl sites for hydroxylation is 1. The van der Waals surface area contributed by atoms with E-state index < -0.39 is 0 Å². The Balaban J connectivity index is 1.55. The summed E-state index contributed by atoms with van der Waals surface area (Å²) in [5.41, 5.74) is 6.77. The maximum Gasteiger partial charge on any atom is 0.137 e. The number of hydrogen-bond donors (Lipinski definition) is 0. The van der Waals surface area contributed by atoms with Crippen LogP contribution in [-0.2, 0) is 0 Å². The number of benzene rings is 2. The lowest BCUT2D eigenvalue weighted by molar-refractivity contribution is 1.16. The fourth-order valence-electron chi connectivity index (χ4n) is 2.85. The molecule has 0 aliphatic heterocycles. The molecule has 126 valence electrons. The van der Waals surface area contributed by atoms with Gasteiger partial charge in [0.25, 0.3) is 0 Å². The molecule has 4 nitrogen and oxygen atoms in total. The van der Waals surface area contributed by atoms with Gasteiger partial charge in [-0.25, -0.2) is 4.98 Å². The highest BCUT2D eigenvalue weighted by atomic mass is 16.3. The number of imidazole rings is 1. The summed E-state index contributed by atoms with van der Waals surface area (Å²) >= 11 is 0. The van der Waals surface area contributed by atoms with Crippen molar-refractivity contribution in [1.82, 2.24) is 9.38 Å². The second kappa shape index (κ2) is 6.76. The minimum absolute atomic E-state index is 0.439. The van der Waals surface area contributed by atoms with Crippen LogP contribution in [-0.4, -0.2) is 9.38 Å². The van der Waals surface area contributed by atoms with Gasteiger partial charge in [0.2, 0.25) is 0 Å². The SMILES string of the molecule is Cc1ccc2nc(-c3ccc(/C=C/c4ccc(N=O)cc4)cc3)cn2c1. The smallest absolute Gasteiger partial charge is 0.137 e. The summed E-state index contributed by atoms with van der Waals surface area (Å²) in [4.78, 5) is 15.1. The molecule has 2 heterocycles.